The van der Waals surface area contributed by atoms with E-state index in [1.165, 1.54) is 6.07 Å². The van der Waals surface area contributed by atoms with E-state index in [-0.39, 0.29) is 18.2 Å². The molecule has 108 valence electrons. The highest BCUT2D eigenvalue weighted by Gasteiger charge is 2.15. The zero-order valence-corrected chi connectivity index (χ0v) is 12.2. The first-order valence-corrected chi connectivity index (χ1v) is 6.33. The van der Waals surface area contributed by atoms with E-state index in [2.05, 4.69) is 5.32 Å². The minimum Gasteiger partial charge on any atom is -0.480 e. The summed E-state index contributed by atoms with van der Waals surface area (Å²) in [4.78, 5) is 10.9. The third kappa shape index (κ3) is 5.76. The molecule has 19 heavy (non-hydrogen) atoms. The Morgan fingerprint density at radius 3 is 2.74 bits per heavy atom. The number of hydrogen-bond donors (Lipinski definition) is 2. The van der Waals surface area contributed by atoms with Gasteiger partial charge in [-0.1, -0.05) is 31.0 Å². The van der Waals surface area contributed by atoms with Crippen LogP contribution in [0.3, 0.4) is 0 Å². The second-order valence-electron chi connectivity index (χ2n) is 4.08. The molecule has 3 nitrogen and oxygen atoms in total. The maximum Gasteiger partial charge on any atom is 0.320 e. The fourth-order valence-corrected chi connectivity index (χ4v) is 2.00. The number of hydrogen-bond acceptors (Lipinski definition) is 2. The second-order valence-corrected chi connectivity index (χ2v) is 4.49. The first-order valence-electron chi connectivity index (χ1n) is 5.95. The fraction of sp³-hybridized carbons (Fsp3) is 0.462. The van der Waals surface area contributed by atoms with E-state index in [1.54, 1.807) is 12.1 Å². The van der Waals surface area contributed by atoms with E-state index < -0.39 is 12.0 Å². The van der Waals surface area contributed by atoms with Crippen LogP contribution in [0.5, 0.6) is 0 Å². The van der Waals surface area contributed by atoms with E-state index >= 15 is 0 Å². The first kappa shape index (κ1) is 18.2. The van der Waals surface area contributed by atoms with E-state index in [4.69, 9.17) is 16.7 Å². The van der Waals surface area contributed by atoms with Crippen LogP contribution < -0.4 is 5.32 Å². The van der Waals surface area contributed by atoms with Gasteiger partial charge in [0.25, 0.3) is 0 Å². The normalized spacial score (nSPS) is 11.7. The topological polar surface area (TPSA) is 49.3 Å². The summed E-state index contributed by atoms with van der Waals surface area (Å²) in [6, 6.07) is 3.94. The Hall–Kier alpha value is -0.840. The van der Waals surface area contributed by atoms with Crippen molar-refractivity contribution in [1.29, 1.82) is 0 Å². The lowest BCUT2D eigenvalue weighted by Crippen LogP contribution is -2.37. The molecular formula is C13H18Cl2FNO2. The minimum absolute atomic E-state index is 0. The summed E-state index contributed by atoms with van der Waals surface area (Å²) in [6.45, 7) is 2.31. The third-order valence-corrected chi connectivity index (χ3v) is 3.06. The number of carboxylic acids is 1. The number of carboxylic acid groups (broad SMARTS) is 1. The molecule has 1 atom stereocenters. The summed E-state index contributed by atoms with van der Waals surface area (Å²) in [5.41, 5.74) is 0.423. The van der Waals surface area contributed by atoms with Crippen molar-refractivity contribution in [1.82, 2.24) is 5.32 Å². The van der Waals surface area contributed by atoms with Crippen LogP contribution in [-0.4, -0.2) is 23.7 Å². The molecule has 0 bridgehead atoms. The SMILES string of the molecule is CCCC(NCCc1c(F)cccc1Cl)C(=O)O.Cl. The molecule has 0 radical (unpaired) electrons. The van der Waals surface area contributed by atoms with E-state index in [0.717, 1.165) is 6.42 Å². The number of benzene rings is 1. The molecule has 0 aliphatic carbocycles. The van der Waals surface area contributed by atoms with E-state index in [1.807, 2.05) is 6.92 Å². The Labute approximate surface area is 123 Å². The number of rotatable bonds is 7. The second kappa shape index (κ2) is 9.13. The van der Waals surface area contributed by atoms with Crippen molar-refractivity contribution in [3.05, 3.63) is 34.6 Å². The van der Waals surface area contributed by atoms with Crippen LogP contribution in [0.25, 0.3) is 0 Å². The van der Waals surface area contributed by atoms with Gasteiger partial charge >= 0.3 is 5.97 Å². The lowest BCUT2D eigenvalue weighted by molar-refractivity contribution is -0.139. The van der Waals surface area contributed by atoms with Crippen molar-refractivity contribution < 1.29 is 14.3 Å². The average molecular weight is 310 g/mol. The van der Waals surface area contributed by atoms with Gasteiger partial charge in [-0.05, 0) is 25.0 Å². The smallest absolute Gasteiger partial charge is 0.320 e. The van der Waals surface area contributed by atoms with Crippen molar-refractivity contribution >= 4 is 30.0 Å². The molecule has 0 aromatic heterocycles. The molecule has 1 aromatic carbocycles. The summed E-state index contributed by atoms with van der Waals surface area (Å²) < 4.78 is 13.5. The van der Waals surface area contributed by atoms with Crippen molar-refractivity contribution in [2.45, 2.75) is 32.2 Å². The van der Waals surface area contributed by atoms with Crippen molar-refractivity contribution in [3.63, 3.8) is 0 Å². The molecule has 0 amide bonds. The molecule has 1 rings (SSSR count). The molecule has 6 heteroatoms. The van der Waals surface area contributed by atoms with E-state index in [0.29, 0.717) is 30.0 Å². The van der Waals surface area contributed by atoms with Crippen LogP contribution in [-0.2, 0) is 11.2 Å². The standard InChI is InChI=1S/C13H17ClFNO2.ClH/c1-2-4-12(13(17)18)16-8-7-9-10(14)5-3-6-11(9)15;/h3,5-6,12,16H,2,4,7-8H2,1H3,(H,17,18);1H. The van der Waals surface area contributed by atoms with Crippen LogP contribution >= 0.6 is 24.0 Å². The quantitative estimate of drug-likeness (QED) is 0.812. The van der Waals surface area contributed by atoms with Gasteiger partial charge in [0.1, 0.15) is 11.9 Å². The zero-order valence-electron chi connectivity index (χ0n) is 10.7. The van der Waals surface area contributed by atoms with Crippen LogP contribution in [0.1, 0.15) is 25.3 Å². The molecule has 0 saturated heterocycles. The molecule has 0 spiro atoms. The number of halogens is 3. The van der Waals surface area contributed by atoms with Crippen LogP contribution in [0, 0.1) is 5.82 Å². The molecule has 0 heterocycles. The lowest BCUT2D eigenvalue weighted by atomic mass is 10.1. The van der Waals surface area contributed by atoms with Gasteiger partial charge in [0, 0.05) is 17.1 Å². The van der Waals surface area contributed by atoms with Crippen molar-refractivity contribution in [2.75, 3.05) is 6.54 Å². The monoisotopic (exact) mass is 309 g/mol. The van der Waals surface area contributed by atoms with Gasteiger partial charge in [-0.2, -0.15) is 0 Å². The summed E-state index contributed by atoms with van der Waals surface area (Å²) in [5.74, 6) is -1.23. The molecule has 2 N–H and O–H groups in total. The highest BCUT2D eigenvalue weighted by molar-refractivity contribution is 6.31. The van der Waals surface area contributed by atoms with Crippen LogP contribution in [0.2, 0.25) is 5.02 Å². The summed E-state index contributed by atoms with van der Waals surface area (Å²) in [6.07, 6.45) is 1.71. The molecule has 0 aliphatic heterocycles. The Bertz CT molecular complexity index is 395. The molecule has 0 aliphatic rings. The van der Waals surface area contributed by atoms with Gasteiger partial charge in [0.15, 0.2) is 0 Å². The Balaban J connectivity index is 0.00000324. The highest BCUT2D eigenvalue weighted by Crippen LogP contribution is 2.19. The molecule has 1 unspecified atom stereocenters. The van der Waals surface area contributed by atoms with Gasteiger partial charge in [0.05, 0.1) is 0 Å². The first-order chi connectivity index (χ1) is 8.56. The number of carbonyl (C=O) groups is 1. The van der Waals surface area contributed by atoms with Crippen molar-refractivity contribution in [3.8, 4) is 0 Å². The zero-order chi connectivity index (χ0) is 13.5. The van der Waals surface area contributed by atoms with Gasteiger partial charge in [-0.3, -0.25) is 4.79 Å². The summed E-state index contributed by atoms with van der Waals surface area (Å²) >= 11 is 5.88. The van der Waals surface area contributed by atoms with Gasteiger partial charge in [-0.25, -0.2) is 4.39 Å². The predicted octanol–water partition coefficient (Wildman–Crippen LogP) is 3.29. The molecule has 0 fully saturated rings. The van der Waals surface area contributed by atoms with Gasteiger partial charge in [-0.15, -0.1) is 12.4 Å². The van der Waals surface area contributed by atoms with Crippen LogP contribution in [0.4, 0.5) is 4.39 Å². The number of nitrogens with one attached hydrogen (secondary N) is 1. The largest absolute Gasteiger partial charge is 0.480 e. The predicted molar refractivity (Wildman–Crippen MR) is 76.7 cm³/mol. The highest BCUT2D eigenvalue weighted by atomic mass is 35.5. The Kier molecular flexibility index (Phi) is 8.72. The molecule has 1 aromatic rings. The van der Waals surface area contributed by atoms with Gasteiger partial charge < -0.3 is 10.4 Å². The Morgan fingerprint density at radius 2 is 2.21 bits per heavy atom. The summed E-state index contributed by atoms with van der Waals surface area (Å²) in [7, 11) is 0. The Morgan fingerprint density at radius 1 is 1.53 bits per heavy atom. The third-order valence-electron chi connectivity index (χ3n) is 2.70. The molecular weight excluding hydrogens is 292 g/mol. The maximum atomic E-state index is 13.5. The lowest BCUT2D eigenvalue weighted by Gasteiger charge is -2.13. The molecule has 0 saturated carbocycles. The van der Waals surface area contributed by atoms with Crippen molar-refractivity contribution in [2.24, 2.45) is 0 Å². The van der Waals surface area contributed by atoms with Gasteiger partial charge in [0.2, 0.25) is 0 Å². The van der Waals surface area contributed by atoms with Crippen LogP contribution in [0.15, 0.2) is 18.2 Å². The number of aliphatic carboxylic acids is 1. The fourth-order valence-electron chi connectivity index (χ4n) is 1.74. The minimum atomic E-state index is -0.878. The maximum absolute atomic E-state index is 13.5. The summed E-state index contributed by atoms with van der Waals surface area (Å²) in [5, 5.41) is 12.2. The van der Waals surface area contributed by atoms with E-state index in [9.17, 15) is 9.18 Å². The average Bonchev–Trinajstić information content (AvgIpc) is 2.31.